The smallest absolute Gasteiger partial charge is 0.169 e. The maximum Gasteiger partial charge on any atom is 0.169 e. The van der Waals surface area contributed by atoms with Gasteiger partial charge in [-0.05, 0) is 12.5 Å². The Kier molecular flexibility index (Phi) is 4.06. The number of hydrogen-bond acceptors (Lipinski definition) is 5. The molecule has 0 saturated heterocycles. The van der Waals surface area contributed by atoms with Crippen molar-refractivity contribution in [2.24, 2.45) is 0 Å². The van der Waals surface area contributed by atoms with Crippen molar-refractivity contribution in [1.29, 1.82) is 0 Å². The summed E-state index contributed by atoms with van der Waals surface area (Å²) in [5, 5.41) is 9.28. The zero-order chi connectivity index (χ0) is 13.8. The van der Waals surface area contributed by atoms with Crippen molar-refractivity contribution in [3.8, 4) is 0 Å². The van der Waals surface area contributed by atoms with Crippen molar-refractivity contribution < 1.29 is 4.39 Å². The minimum absolute atomic E-state index is 0.119. The first-order valence-corrected chi connectivity index (χ1v) is 6.08. The third-order valence-electron chi connectivity index (χ3n) is 2.62. The molecule has 1 heterocycles. The van der Waals surface area contributed by atoms with Crippen molar-refractivity contribution in [2.75, 3.05) is 23.3 Å². The summed E-state index contributed by atoms with van der Waals surface area (Å²) in [5.74, 6) is 0.157. The number of nitrogens with two attached hydrogens (primary N) is 2. The van der Waals surface area contributed by atoms with Crippen LogP contribution < -0.4 is 16.8 Å². The number of halogens is 2. The van der Waals surface area contributed by atoms with E-state index in [4.69, 9.17) is 23.1 Å². The number of H-pyrrole nitrogens is 1. The number of nitrogen functional groups attached to an aromatic ring is 2. The second-order valence-electron chi connectivity index (χ2n) is 4.02. The van der Waals surface area contributed by atoms with Crippen molar-refractivity contribution in [3.63, 3.8) is 0 Å². The molecule has 0 bridgehead atoms. The Morgan fingerprint density at radius 2 is 2.16 bits per heavy atom. The molecule has 0 aliphatic heterocycles. The second kappa shape index (κ2) is 5.75. The van der Waals surface area contributed by atoms with Crippen LogP contribution in [0.4, 0.5) is 21.5 Å². The van der Waals surface area contributed by atoms with Gasteiger partial charge in [-0.25, -0.2) is 9.37 Å². The largest absolute Gasteiger partial charge is 0.397 e. The third-order valence-corrected chi connectivity index (χ3v) is 3.01. The lowest BCUT2D eigenvalue weighted by Gasteiger charge is -2.12. The van der Waals surface area contributed by atoms with Crippen LogP contribution in [-0.4, -0.2) is 21.7 Å². The van der Waals surface area contributed by atoms with Gasteiger partial charge in [-0.3, -0.25) is 5.10 Å². The maximum atomic E-state index is 13.8. The van der Waals surface area contributed by atoms with Crippen LogP contribution in [0.1, 0.15) is 12.2 Å². The first-order valence-electron chi connectivity index (χ1n) is 5.70. The van der Waals surface area contributed by atoms with Crippen molar-refractivity contribution in [1.82, 2.24) is 15.2 Å². The summed E-state index contributed by atoms with van der Waals surface area (Å²) in [7, 11) is 0. The number of anilines is 3. The van der Waals surface area contributed by atoms with Crippen LogP contribution in [0.15, 0.2) is 12.4 Å². The van der Waals surface area contributed by atoms with Gasteiger partial charge in [-0.15, -0.1) is 0 Å². The molecule has 1 aromatic carbocycles. The first kappa shape index (κ1) is 13.4. The van der Waals surface area contributed by atoms with Crippen molar-refractivity contribution >= 4 is 28.7 Å². The second-order valence-corrected chi connectivity index (χ2v) is 4.40. The average molecular weight is 285 g/mol. The summed E-state index contributed by atoms with van der Waals surface area (Å²) < 4.78 is 13.8. The SMILES string of the molecule is Nc1cc(N)c(NCCCc2ncn[nH]2)c(F)c1Cl. The van der Waals surface area contributed by atoms with Gasteiger partial charge in [0, 0.05) is 13.0 Å². The molecule has 0 radical (unpaired) electrons. The molecule has 6 N–H and O–H groups in total. The normalized spacial score (nSPS) is 10.6. The lowest BCUT2D eigenvalue weighted by atomic mass is 10.2. The van der Waals surface area contributed by atoms with E-state index in [9.17, 15) is 4.39 Å². The van der Waals surface area contributed by atoms with E-state index in [-0.39, 0.29) is 22.1 Å². The highest BCUT2D eigenvalue weighted by Crippen LogP contribution is 2.33. The Labute approximate surface area is 114 Å². The van der Waals surface area contributed by atoms with Gasteiger partial charge in [-0.2, -0.15) is 5.10 Å². The number of aryl methyl sites for hydroxylation is 1. The molecule has 2 rings (SSSR count). The third kappa shape index (κ3) is 3.05. The van der Waals surface area contributed by atoms with Gasteiger partial charge in [0.25, 0.3) is 0 Å². The minimum atomic E-state index is -0.626. The number of aromatic nitrogens is 3. The molecular weight excluding hydrogens is 271 g/mol. The molecule has 0 saturated carbocycles. The summed E-state index contributed by atoms with van der Waals surface area (Å²) in [4.78, 5) is 3.99. The van der Waals surface area contributed by atoms with Crippen LogP contribution in [0.3, 0.4) is 0 Å². The number of nitrogens with zero attached hydrogens (tertiary/aromatic N) is 2. The van der Waals surface area contributed by atoms with E-state index >= 15 is 0 Å². The van der Waals surface area contributed by atoms with Crippen LogP contribution in [0.2, 0.25) is 5.02 Å². The monoisotopic (exact) mass is 284 g/mol. The van der Waals surface area contributed by atoms with Gasteiger partial charge in [0.1, 0.15) is 17.2 Å². The zero-order valence-electron chi connectivity index (χ0n) is 10.1. The molecule has 19 heavy (non-hydrogen) atoms. The van der Waals surface area contributed by atoms with E-state index in [0.29, 0.717) is 13.0 Å². The van der Waals surface area contributed by atoms with E-state index in [1.54, 1.807) is 0 Å². The number of aromatic amines is 1. The van der Waals surface area contributed by atoms with Crippen LogP contribution in [-0.2, 0) is 6.42 Å². The van der Waals surface area contributed by atoms with Gasteiger partial charge < -0.3 is 16.8 Å². The van der Waals surface area contributed by atoms with E-state index in [0.717, 1.165) is 12.2 Å². The summed E-state index contributed by atoms with van der Waals surface area (Å²) >= 11 is 5.73. The van der Waals surface area contributed by atoms with Gasteiger partial charge in [0.15, 0.2) is 5.82 Å². The summed E-state index contributed by atoms with van der Waals surface area (Å²) in [6.07, 6.45) is 2.90. The van der Waals surface area contributed by atoms with Crippen LogP contribution >= 0.6 is 11.6 Å². The molecule has 0 unspecified atom stereocenters. The fourth-order valence-electron chi connectivity index (χ4n) is 1.67. The molecule has 0 spiro atoms. The molecule has 6 nitrogen and oxygen atoms in total. The van der Waals surface area contributed by atoms with Gasteiger partial charge in [0.2, 0.25) is 0 Å². The van der Waals surface area contributed by atoms with Crippen molar-refractivity contribution in [3.05, 3.63) is 29.1 Å². The quantitative estimate of drug-likeness (QED) is 0.495. The molecular formula is C11H14ClFN6. The maximum absolute atomic E-state index is 13.8. The topological polar surface area (TPSA) is 106 Å². The molecule has 0 aliphatic rings. The van der Waals surface area contributed by atoms with E-state index < -0.39 is 5.82 Å². The molecule has 0 atom stereocenters. The van der Waals surface area contributed by atoms with Gasteiger partial charge >= 0.3 is 0 Å². The summed E-state index contributed by atoms with van der Waals surface area (Å²) in [6, 6.07) is 1.43. The van der Waals surface area contributed by atoms with Crippen LogP contribution in [0.25, 0.3) is 0 Å². The van der Waals surface area contributed by atoms with Gasteiger partial charge in [-0.1, -0.05) is 11.6 Å². The van der Waals surface area contributed by atoms with E-state index in [1.807, 2.05) is 0 Å². The lowest BCUT2D eigenvalue weighted by Crippen LogP contribution is -2.09. The number of benzene rings is 1. The summed E-state index contributed by atoms with van der Waals surface area (Å²) in [5.41, 5.74) is 11.7. The highest BCUT2D eigenvalue weighted by Gasteiger charge is 2.13. The fourth-order valence-corrected chi connectivity index (χ4v) is 1.82. The number of hydrogen-bond donors (Lipinski definition) is 4. The van der Waals surface area contributed by atoms with Crippen LogP contribution in [0.5, 0.6) is 0 Å². The molecule has 0 amide bonds. The lowest BCUT2D eigenvalue weighted by molar-refractivity contribution is 0.631. The predicted octanol–water partition coefficient (Wildman–Crippen LogP) is 1.81. The Balaban J connectivity index is 1.94. The Morgan fingerprint density at radius 1 is 1.37 bits per heavy atom. The molecule has 8 heteroatoms. The molecule has 2 aromatic rings. The number of rotatable bonds is 5. The molecule has 0 fully saturated rings. The van der Waals surface area contributed by atoms with E-state index in [2.05, 4.69) is 20.5 Å². The Morgan fingerprint density at radius 3 is 2.84 bits per heavy atom. The zero-order valence-corrected chi connectivity index (χ0v) is 10.8. The average Bonchev–Trinajstić information content (AvgIpc) is 2.88. The molecule has 1 aromatic heterocycles. The Bertz CT molecular complexity index is 557. The van der Waals surface area contributed by atoms with Crippen LogP contribution in [0, 0.1) is 5.82 Å². The van der Waals surface area contributed by atoms with E-state index in [1.165, 1.54) is 12.4 Å². The standard InChI is InChI=1S/C11H14ClFN6/c12-9-6(14)4-7(15)11(10(9)13)16-3-1-2-8-17-5-18-19-8/h4-5,16H,1-3,14-15H2,(H,17,18,19). The van der Waals surface area contributed by atoms with Crippen molar-refractivity contribution in [2.45, 2.75) is 12.8 Å². The minimum Gasteiger partial charge on any atom is -0.397 e. The summed E-state index contributed by atoms with van der Waals surface area (Å²) in [6.45, 7) is 0.530. The first-order chi connectivity index (χ1) is 9.09. The Hall–Kier alpha value is -2.02. The van der Waals surface area contributed by atoms with Gasteiger partial charge in [0.05, 0.1) is 17.1 Å². The molecule has 0 aliphatic carbocycles. The highest BCUT2D eigenvalue weighted by atomic mass is 35.5. The fraction of sp³-hybridized carbons (Fsp3) is 0.273. The predicted molar refractivity (Wildman–Crippen MR) is 73.4 cm³/mol. The number of nitrogens with one attached hydrogen (secondary N) is 2. The highest BCUT2D eigenvalue weighted by molar-refractivity contribution is 6.33. The molecule has 102 valence electrons.